The fourth-order valence-electron chi connectivity index (χ4n) is 3.54. The third-order valence-electron chi connectivity index (χ3n) is 5.21. The zero-order valence-electron chi connectivity index (χ0n) is 18.2. The van der Waals surface area contributed by atoms with Gasteiger partial charge < -0.3 is 11.1 Å². The van der Waals surface area contributed by atoms with Gasteiger partial charge in [0.2, 0.25) is 5.95 Å². The Morgan fingerprint density at radius 3 is 2.33 bits per heavy atom. The van der Waals surface area contributed by atoms with Gasteiger partial charge in [-0.15, -0.1) is 6.04 Å². The number of aromatic nitrogens is 3. The van der Waals surface area contributed by atoms with Crippen molar-refractivity contribution in [3.05, 3.63) is 107 Å². The van der Waals surface area contributed by atoms with Gasteiger partial charge in [0.25, 0.3) is 5.56 Å². The summed E-state index contributed by atoms with van der Waals surface area (Å²) in [5.41, 5.74) is 11.4. The predicted molar refractivity (Wildman–Crippen MR) is 125 cm³/mol. The van der Waals surface area contributed by atoms with Gasteiger partial charge in [0.05, 0.1) is 11.3 Å². The number of hydrogen-bond donors (Lipinski definition) is 1. The second-order valence-corrected chi connectivity index (χ2v) is 7.53. The standard InChI is InChI=1S/C25H23FN5O.Ac/c1-31-24(32)22(18-7-9-20(26)10-8-18)23(19-11-13-28-14-12-19)30-25(31)29-16-21(27)15-17-5-3-2-4-6-17;/h2-14,21,27H,15-16H2,1H3,(H,29,30);/q-1;. The quantitative estimate of drug-likeness (QED) is 0.313. The van der Waals surface area contributed by atoms with Gasteiger partial charge >= 0.3 is 0 Å². The van der Waals surface area contributed by atoms with Crippen molar-refractivity contribution >= 4 is 5.95 Å². The predicted octanol–water partition coefficient (Wildman–Crippen LogP) is 4.72. The normalized spacial score (nSPS) is 11.5. The molecule has 1 unspecified atom stereocenters. The van der Waals surface area contributed by atoms with Crippen molar-refractivity contribution in [1.29, 1.82) is 0 Å². The summed E-state index contributed by atoms with van der Waals surface area (Å²) >= 11 is 0. The van der Waals surface area contributed by atoms with E-state index in [0.29, 0.717) is 35.7 Å². The van der Waals surface area contributed by atoms with E-state index in [1.54, 1.807) is 43.7 Å². The summed E-state index contributed by atoms with van der Waals surface area (Å²) < 4.78 is 14.9. The minimum absolute atomic E-state index is 0. The maximum Gasteiger partial charge on any atom is 0.263 e. The van der Waals surface area contributed by atoms with Crippen molar-refractivity contribution in [2.45, 2.75) is 12.5 Å². The van der Waals surface area contributed by atoms with Gasteiger partial charge in [0.1, 0.15) is 5.82 Å². The van der Waals surface area contributed by atoms with E-state index in [-0.39, 0.29) is 55.4 Å². The SMILES string of the molecule is Cn1c(NCC([NH-])Cc2ccccc2)nc(-c2ccncc2)c(-c2ccc(F)cc2)c1=O.[Ac]. The fourth-order valence-corrected chi connectivity index (χ4v) is 3.54. The Bertz CT molecular complexity index is 1250. The maximum atomic E-state index is 13.5. The van der Waals surface area contributed by atoms with E-state index >= 15 is 0 Å². The summed E-state index contributed by atoms with van der Waals surface area (Å²) in [5, 5.41) is 3.16. The van der Waals surface area contributed by atoms with Gasteiger partial charge in [-0.1, -0.05) is 42.5 Å². The molecule has 0 aliphatic heterocycles. The first kappa shape index (κ1) is 25.2. The number of rotatable bonds is 7. The molecule has 2 N–H and O–H groups in total. The molecule has 1 radical (unpaired) electrons. The third kappa shape index (κ3) is 6.14. The molecule has 0 saturated carbocycles. The van der Waals surface area contributed by atoms with Crippen molar-refractivity contribution in [2.75, 3.05) is 11.9 Å². The molecule has 0 aliphatic carbocycles. The van der Waals surface area contributed by atoms with Crippen LogP contribution in [-0.2, 0) is 13.5 Å². The van der Waals surface area contributed by atoms with E-state index in [2.05, 4.69) is 10.3 Å². The summed E-state index contributed by atoms with van der Waals surface area (Å²) in [4.78, 5) is 22.1. The van der Waals surface area contributed by atoms with Crippen LogP contribution in [0.3, 0.4) is 0 Å². The first-order chi connectivity index (χ1) is 15.5. The van der Waals surface area contributed by atoms with Gasteiger partial charge in [-0.25, -0.2) is 9.37 Å². The van der Waals surface area contributed by atoms with E-state index in [1.165, 1.54) is 16.7 Å². The average Bonchev–Trinajstić information content (AvgIpc) is 2.82. The molecule has 6 nitrogen and oxygen atoms in total. The Morgan fingerprint density at radius 1 is 1.00 bits per heavy atom. The van der Waals surface area contributed by atoms with E-state index < -0.39 is 6.04 Å². The Morgan fingerprint density at radius 2 is 1.67 bits per heavy atom. The third-order valence-corrected chi connectivity index (χ3v) is 5.21. The summed E-state index contributed by atoms with van der Waals surface area (Å²) in [6.07, 6.45) is 3.86. The molecule has 1 atom stereocenters. The summed E-state index contributed by atoms with van der Waals surface area (Å²) in [6.45, 7) is 0.334. The van der Waals surface area contributed by atoms with Crippen molar-refractivity contribution in [1.82, 2.24) is 14.5 Å². The van der Waals surface area contributed by atoms with E-state index in [4.69, 9.17) is 10.7 Å². The molecular formula is C25H23AcFN5O-. The van der Waals surface area contributed by atoms with E-state index in [9.17, 15) is 9.18 Å². The van der Waals surface area contributed by atoms with Crippen LogP contribution in [0, 0.1) is 49.9 Å². The number of nitrogens with zero attached hydrogens (tertiary/aromatic N) is 3. The molecule has 0 aliphatic rings. The average molecular weight is 655 g/mol. The monoisotopic (exact) mass is 655 g/mol. The summed E-state index contributed by atoms with van der Waals surface area (Å²) in [5.74, 6) is 0.000158. The van der Waals surface area contributed by atoms with E-state index in [1.807, 2.05) is 30.3 Å². The van der Waals surface area contributed by atoms with Gasteiger partial charge in [0.15, 0.2) is 0 Å². The minimum atomic E-state index is -0.407. The van der Waals surface area contributed by atoms with Crippen LogP contribution in [-0.4, -0.2) is 27.1 Å². The van der Waals surface area contributed by atoms with Gasteiger partial charge in [-0.3, -0.25) is 14.3 Å². The zero-order chi connectivity index (χ0) is 22.5. The molecule has 4 aromatic rings. The number of halogens is 1. The Balaban J connectivity index is 0.00000306. The molecule has 165 valence electrons. The number of benzene rings is 2. The van der Waals surface area contributed by atoms with Crippen LogP contribution >= 0.6 is 0 Å². The van der Waals surface area contributed by atoms with Gasteiger partial charge in [0, 0.05) is 75.6 Å². The first-order valence-electron chi connectivity index (χ1n) is 10.3. The van der Waals surface area contributed by atoms with Gasteiger partial charge in [-0.2, -0.15) is 0 Å². The molecule has 8 heteroatoms. The smallest absolute Gasteiger partial charge is 0.263 e. The molecule has 0 saturated heterocycles. The van der Waals surface area contributed by atoms with E-state index in [0.717, 1.165) is 11.1 Å². The van der Waals surface area contributed by atoms with Crippen LogP contribution in [0.5, 0.6) is 0 Å². The molecule has 0 bridgehead atoms. The van der Waals surface area contributed by atoms with Gasteiger partial charge in [-0.05, 0) is 41.8 Å². The molecule has 0 fully saturated rings. The van der Waals surface area contributed by atoms with Crippen LogP contribution < -0.4 is 10.9 Å². The second kappa shape index (κ2) is 11.6. The van der Waals surface area contributed by atoms with Crippen LogP contribution in [0.25, 0.3) is 28.1 Å². The molecule has 2 aromatic heterocycles. The topological polar surface area (TPSA) is 83.6 Å². The molecule has 0 amide bonds. The zero-order valence-corrected chi connectivity index (χ0v) is 22.9. The molecule has 33 heavy (non-hydrogen) atoms. The molecule has 0 spiro atoms. The van der Waals surface area contributed by atoms with Crippen molar-refractivity contribution in [3.63, 3.8) is 0 Å². The molecule has 2 heterocycles. The Kier molecular flexibility index (Phi) is 8.90. The van der Waals surface area contributed by atoms with Crippen molar-refractivity contribution in [3.8, 4) is 22.4 Å². The summed E-state index contributed by atoms with van der Waals surface area (Å²) in [7, 11) is 1.64. The number of pyridine rings is 1. The van der Waals surface area contributed by atoms with Crippen molar-refractivity contribution < 1.29 is 48.5 Å². The first-order valence-corrected chi connectivity index (χ1v) is 10.3. The second-order valence-electron chi connectivity index (χ2n) is 7.53. The molecule has 4 rings (SSSR count). The number of nitrogens with one attached hydrogen (secondary N) is 2. The maximum absolute atomic E-state index is 13.5. The fraction of sp³-hybridized carbons (Fsp3) is 0.160. The van der Waals surface area contributed by atoms with Crippen LogP contribution in [0.15, 0.2) is 83.9 Å². The number of hydrogen-bond acceptors (Lipinski definition) is 4. The molecular weight excluding hydrogens is 632 g/mol. The van der Waals surface area contributed by atoms with Crippen molar-refractivity contribution in [2.24, 2.45) is 7.05 Å². The molecule has 2 aromatic carbocycles. The minimum Gasteiger partial charge on any atom is -0.673 e. The van der Waals surface area contributed by atoms with Crippen LogP contribution in [0.2, 0.25) is 0 Å². The number of anilines is 1. The largest absolute Gasteiger partial charge is 0.673 e. The Hall–Kier alpha value is -2.40. The van der Waals surface area contributed by atoms with Crippen LogP contribution in [0.1, 0.15) is 5.56 Å². The van der Waals surface area contributed by atoms with Crippen LogP contribution in [0.4, 0.5) is 10.3 Å². The Labute approximate surface area is 227 Å². The summed E-state index contributed by atoms with van der Waals surface area (Å²) in [6, 6.07) is 18.8.